The maximum Gasteiger partial charge on any atom is 0.345 e. The molecule has 0 radical (unpaired) electrons. The molecule has 0 spiro atoms. The Morgan fingerprint density at radius 1 is 0.676 bits per heavy atom. The van der Waals surface area contributed by atoms with Crippen LogP contribution < -0.4 is 9.47 Å². The lowest BCUT2D eigenvalue weighted by atomic mass is 10.1. The summed E-state index contributed by atoms with van der Waals surface area (Å²) in [6.45, 7) is 4.32. The minimum atomic E-state index is -0.565. The summed E-state index contributed by atoms with van der Waals surface area (Å²) < 4.78 is 10.9. The number of ether oxygens (including phenoxy) is 2. The predicted octanol–water partition coefficient (Wildman–Crippen LogP) is 7.85. The zero-order chi connectivity index (χ0) is 24.3. The van der Waals surface area contributed by atoms with Gasteiger partial charge in [-0.2, -0.15) is 0 Å². The van der Waals surface area contributed by atoms with Gasteiger partial charge in [0.15, 0.2) is 0 Å². The van der Waals surface area contributed by atoms with E-state index >= 15 is 0 Å². The molecule has 4 nitrogen and oxygen atoms in total. The third-order valence-electron chi connectivity index (χ3n) is 5.58. The molecule has 178 valence electrons. The lowest BCUT2D eigenvalue weighted by molar-refractivity contribution is 0.0730. The molecular weight excluding hydrogens is 448 g/mol. The molecule has 5 heteroatoms. The van der Waals surface area contributed by atoms with Gasteiger partial charge < -0.3 is 9.47 Å². The molecule has 0 atom stereocenters. The topological polar surface area (TPSA) is 52.6 Å². The van der Waals surface area contributed by atoms with Gasteiger partial charge >= 0.3 is 11.9 Å². The second-order valence-corrected chi connectivity index (χ2v) is 8.73. The van der Waals surface area contributed by atoms with E-state index < -0.39 is 11.9 Å². The van der Waals surface area contributed by atoms with Crippen LogP contribution in [0.2, 0.25) is 5.02 Å². The van der Waals surface area contributed by atoms with Crippen molar-refractivity contribution in [2.24, 2.45) is 0 Å². The van der Waals surface area contributed by atoms with Crippen LogP contribution in [-0.2, 0) is 12.8 Å². The van der Waals surface area contributed by atoms with Crippen LogP contribution in [0.4, 0.5) is 0 Å². The minimum absolute atomic E-state index is 0.154. The molecule has 0 aliphatic heterocycles. The number of rotatable bonds is 11. The SMILES string of the molecule is CCCCCc1ccc(OC(=O)c2ccc(OC(=O)c3ccc(CCCC)cc3)cc2Cl)cc1. The first kappa shape index (κ1) is 25.5. The lowest BCUT2D eigenvalue weighted by Gasteiger charge is -2.09. The zero-order valence-electron chi connectivity index (χ0n) is 19.8. The van der Waals surface area contributed by atoms with Gasteiger partial charge in [0.2, 0.25) is 0 Å². The molecule has 0 aromatic heterocycles. The average molecular weight is 479 g/mol. The molecule has 0 aliphatic rings. The van der Waals surface area contributed by atoms with Crippen molar-refractivity contribution in [2.75, 3.05) is 0 Å². The van der Waals surface area contributed by atoms with Gasteiger partial charge in [-0.3, -0.25) is 0 Å². The molecule has 0 aliphatic carbocycles. The van der Waals surface area contributed by atoms with Crippen molar-refractivity contribution in [1.82, 2.24) is 0 Å². The molecule has 3 aromatic carbocycles. The van der Waals surface area contributed by atoms with Crippen LogP contribution in [0.1, 0.15) is 77.8 Å². The Bertz CT molecular complexity index is 1090. The molecule has 0 heterocycles. The highest BCUT2D eigenvalue weighted by Crippen LogP contribution is 2.25. The Morgan fingerprint density at radius 3 is 1.85 bits per heavy atom. The zero-order valence-corrected chi connectivity index (χ0v) is 20.6. The van der Waals surface area contributed by atoms with E-state index in [1.165, 1.54) is 42.2 Å². The standard InChI is InChI=1S/C29H31ClO4/c1-3-5-7-9-22-12-16-24(17-13-22)33-29(32)26-19-18-25(20-27(26)30)34-28(31)23-14-10-21(11-15-23)8-6-4-2/h10-20H,3-9H2,1-2H3. The number of carbonyl (C=O) groups is 2. The molecule has 0 saturated heterocycles. The third-order valence-corrected chi connectivity index (χ3v) is 5.90. The van der Waals surface area contributed by atoms with E-state index in [1.54, 1.807) is 24.3 Å². The van der Waals surface area contributed by atoms with Crippen molar-refractivity contribution in [1.29, 1.82) is 0 Å². The number of carbonyl (C=O) groups excluding carboxylic acids is 2. The molecular formula is C29H31ClO4. The van der Waals surface area contributed by atoms with Crippen LogP contribution in [0.5, 0.6) is 11.5 Å². The number of esters is 2. The second-order valence-electron chi connectivity index (χ2n) is 8.32. The first-order valence-electron chi connectivity index (χ1n) is 11.9. The molecule has 0 N–H and O–H groups in total. The summed E-state index contributed by atoms with van der Waals surface area (Å²) in [4.78, 5) is 25.0. The van der Waals surface area contributed by atoms with Crippen molar-refractivity contribution in [3.05, 3.63) is 94.0 Å². The number of aryl methyl sites for hydroxylation is 2. The first-order valence-corrected chi connectivity index (χ1v) is 12.3. The predicted molar refractivity (Wildman–Crippen MR) is 136 cm³/mol. The quantitative estimate of drug-likeness (QED) is 0.160. The van der Waals surface area contributed by atoms with Gasteiger partial charge in [0.1, 0.15) is 11.5 Å². The fourth-order valence-corrected chi connectivity index (χ4v) is 3.79. The Morgan fingerprint density at radius 2 is 1.24 bits per heavy atom. The van der Waals surface area contributed by atoms with Crippen molar-refractivity contribution in [3.8, 4) is 11.5 Å². The van der Waals surface area contributed by atoms with E-state index in [9.17, 15) is 9.59 Å². The van der Waals surface area contributed by atoms with Crippen molar-refractivity contribution >= 4 is 23.5 Å². The highest BCUT2D eigenvalue weighted by Gasteiger charge is 2.16. The van der Waals surface area contributed by atoms with Crippen LogP contribution in [0.25, 0.3) is 0 Å². The molecule has 3 aromatic rings. The fraction of sp³-hybridized carbons (Fsp3) is 0.310. The van der Waals surface area contributed by atoms with E-state index in [-0.39, 0.29) is 16.3 Å². The van der Waals surface area contributed by atoms with Crippen molar-refractivity contribution in [2.45, 2.75) is 58.8 Å². The molecule has 0 saturated carbocycles. The minimum Gasteiger partial charge on any atom is -0.423 e. The summed E-state index contributed by atoms with van der Waals surface area (Å²) in [5.41, 5.74) is 3.07. The maximum absolute atomic E-state index is 12.6. The van der Waals surface area contributed by atoms with Crippen molar-refractivity contribution in [3.63, 3.8) is 0 Å². The van der Waals surface area contributed by atoms with Gasteiger partial charge in [-0.25, -0.2) is 9.59 Å². The van der Waals surface area contributed by atoms with Gasteiger partial charge in [-0.15, -0.1) is 0 Å². The normalized spacial score (nSPS) is 10.7. The lowest BCUT2D eigenvalue weighted by Crippen LogP contribution is -2.11. The summed E-state index contributed by atoms with van der Waals surface area (Å²) in [6.07, 6.45) is 7.76. The van der Waals surface area contributed by atoms with Crippen LogP contribution >= 0.6 is 11.6 Å². The first-order chi connectivity index (χ1) is 16.5. The van der Waals surface area contributed by atoms with Crippen molar-refractivity contribution < 1.29 is 19.1 Å². The number of unbranched alkanes of at least 4 members (excludes halogenated alkanes) is 3. The van der Waals surface area contributed by atoms with Gasteiger partial charge in [-0.1, -0.05) is 69.0 Å². The largest absolute Gasteiger partial charge is 0.423 e. The summed E-state index contributed by atoms with van der Waals surface area (Å²) in [6, 6.07) is 19.4. The number of halogens is 1. The Balaban J connectivity index is 1.58. The van der Waals surface area contributed by atoms with Gasteiger partial charge in [0.25, 0.3) is 0 Å². The molecule has 0 unspecified atom stereocenters. The smallest absolute Gasteiger partial charge is 0.345 e. The van der Waals surface area contributed by atoms with E-state index in [1.807, 2.05) is 24.3 Å². The highest BCUT2D eigenvalue weighted by atomic mass is 35.5. The van der Waals surface area contributed by atoms with Crippen LogP contribution in [-0.4, -0.2) is 11.9 Å². The van der Waals surface area contributed by atoms with Crippen LogP contribution in [0, 0.1) is 0 Å². The summed E-state index contributed by atoms with van der Waals surface area (Å²) >= 11 is 6.29. The van der Waals surface area contributed by atoms with Gasteiger partial charge in [0, 0.05) is 6.07 Å². The number of benzene rings is 3. The molecule has 34 heavy (non-hydrogen) atoms. The summed E-state index contributed by atoms with van der Waals surface area (Å²) in [5, 5.41) is 0.154. The molecule has 0 bridgehead atoms. The van der Waals surface area contributed by atoms with Gasteiger partial charge in [0.05, 0.1) is 16.1 Å². The van der Waals surface area contributed by atoms with E-state index in [0.717, 1.165) is 32.1 Å². The highest BCUT2D eigenvalue weighted by molar-refractivity contribution is 6.33. The van der Waals surface area contributed by atoms with E-state index in [2.05, 4.69) is 13.8 Å². The molecule has 0 amide bonds. The monoisotopic (exact) mass is 478 g/mol. The number of hydrogen-bond donors (Lipinski definition) is 0. The second kappa shape index (κ2) is 13.0. The third kappa shape index (κ3) is 7.46. The van der Waals surface area contributed by atoms with E-state index in [0.29, 0.717) is 11.3 Å². The van der Waals surface area contributed by atoms with Crippen LogP contribution in [0.15, 0.2) is 66.7 Å². The Hall–Kier alpha value is -3.11. The maximum atomic E-state index is 12.6. The Labute approximate surface area is 206 Å². The van der Waals surface area contributed by atoms with Crippen LogP contribution in [0.3, 0.4) is 0 Å². The summed E-state index contributed by atoms with van der Waals surface area (Å²) in [5.74, 6) is -0.326. The number of hydrogen-bond acceptors (Lipinski definition) is 4. The fourth-order valence-electron chi connectivity index (χ4n) is 3.54. The Kier molecular flexibility index (Phi) is 9.72. The van der Waals surface area contributed by atoms with E-state index in [4.69, 9.17) is 21.1 Å². The molecule has 0 fully saturated rings. The molecule has 3 rings (SSSR count). The average Bonchev–Trinajstić information content (AvgIpc) is 2.84. The summed E-state index contributed by atoms with van der Waals surface area (Å²) in [7, 11) is 0. The van der Waals surface area contributed by atoms with Gasteiger partial charge in [-0.05, 0) is 73.2 Å².